The lowest BCUT2D eigenvalue weighted by molar-refractivity contribution is 0.335. The van der Waals surface area contributed by atoms with Crippen LogP contribution in [0.15, 0.2) is 11.5 Å². The Labute approximate surface area is 30.2 Å². The molecule has 0 aromatic heterocycles. The van der Waals surface area contributed by atoms with Crippen molar-refractivity contribution in [1.29, 1.82) is 0 Å². The van der Waals surface area contributed by atoms with Crippen molar-refractivity contribution in [3.8, 4) is 0 Å². The highest BCUT2D eigenvalue weighted by atomic mass is 16.6. The molecule has 0 spiro atoms. The summed E-state index contributed by atoms with van der Waals surface area (Å²) >= 11 is 0. The molecular weight excluding hydrogens is 64.0 g/mol. The maximum Gasteiger partial charge on any atom is 0.153 e. The van der Waals surface area contributed by atoms with E-state index >= 15 is 0 Å². The molecule has 0 bridgehead atoms. The molecular formula is C4H4O. The van der Waals surface area contributed by atoms with Gasteiger partial charge in [-0.25, -0.2) is 0 Å². The monoisotopic (exact) mass is 68.0 g/mol. The van der Waals surface area contributed by atoms with Gasteiger partial charge in [-0.3, -0.25) is 0 Å². The molecule has 2 rings (SSSR count). The number of ether oxygens (including phenoxy) is 1. The van der Waals surface area contributed by atoms with Gasteiger partial charge in [0.15, 0.2) is 11.5 Å². The first-order chi connectivity index (χ1) is 2.39. The molecule has 1 heteroatoms. The summed E-state index contributed by atoms with van der Waals surface area (Å²) in [6.45, 7) is 2.15. The quantitative estimate of drug-likeness (QED) is 0.410. The summed E-state index contributed by atoms with van der Waals surface area (Å²) < 4.78 is 4.75. The van der Waals surface area contributed by atoms with E-state index in [-0.39, 0.29) is 0 Å². The van der Waals surface area contributed by atoms with Crippen LogP contribution in [0.2, 0.25) is 0 Å². The lowest BCUT2D eigenvalue weighted by Crippen LogP contribution is -1.81. The third kappa shape index (κ3) is 0.0630. The number of hydrogen-bond donors (Lipinski definition) is 0. The maximum absolute atomic E-state index is 4.75. The summed E-state index contributed by atoms with van der Waals surface area (Å²) in [4.78, 5) is 0. The second-order valence-corrected chi connectivity index (χ2v) is 1.55. The van der Waals surface area contributed by atoms with E-state index in [4.69, 9.17) is 4.74 Å². The fraction of sp³-hybridized carbons (Fsp3) is 0.500. The first-order valence-corrected chi connectivity index (χ1v) is 1.81. The molecule has 0 radical (unpaired) electrons. The van der Waals surface area contributed by atoms with E-state index < -0.39 is 0 Å². The Morgan fingerprint density at radius 3 is 2.00 bits per heavy atom. The molecule has 1 aliphatic heterocycles. The Hall–Kier alpha value is -0.460. The molecule has 0 N–H and O–H groups in total. The van der Waals surface area contributed by atoms with Gasteiger partial charge in [0.25, 0.3) is 0 Å². The first kappa shape index (κ1) is 1.85. The molecule has 0 aromatic rings. The van der Waals surface area contributed by atoms with Gasteiger partial charge in [0.05, 0.1) is 5.92 Å². The van der Waals surface area contributed by atoms with Gasteiger partial charge in [-0.2, -0.15) is 0 Å². The summed E-state index contributed by atoms with van der Waals surface area (Å²) in [5.41, 5.74) is 0. The lowest BCUT2D eigenvalue weighted by atomic mass is 10.4. The molecule has 5 heavy (non-hydrogen) atoms. The predicted octanol–water partition coefficient (Wildman–Crippen LogP) is 0.878. The van der Waals surface area contributed by atoms with E-state index in [1.54, 1.807) is 0 Å². The van der Waals surface area contributed by atoms with Crippen molar-refractivity contribution in [3.63, 3.8) is 0 Å². The zero-order valence-electron chi connectivity index (χ0n) is 2.99. The molecule has 0 saturated carbocycles. The third-order valence-corrected chi connectivity index (χ3v) is 1.12. The van der Waals surface area contributed by atoms with Gasteiger partial charge in [-0.15, -0.1) is 0 Å². The van der Waals surface area contributed by atoms with Crippen molar-refractivity contribution in [1.82, 2.24) is 0 Å². The topological polar surface area (TPSA) is 12.5 Å². The van der Waals surface area contributed by atoms with Crippen molar-refractivity contribution in [2.45, 2.75) is 6.92 Å². The highest BCUT2D eigenvalue weighted by Gasteiger charge is 2.51. The van der Waals surface area contributed by atoms with Gasteiger partial charge < -0.3 is 4.74 Å². The van der Waals surface area contributed by atoms with Gasteiger partial charge in [0.2, 0.25) is 0 Å². The van der Waals surface area contributed by atoms with Crippen LogP contribution in [0.25, 0.3) is 0 Å². The Morgan fingerprint density at radius 1 is 1.60 bits per heavy atom. The van der Waals surface area contributed by atoms with Crippen LogP contribution in [0.4, 0.5) is 0 Å². The van der Waals surface area contributed by atoms with Crippen LogP contribution in [0, 0.1) is 5.92 Å². The van der Waals surface area contributed by atoms with Crippen LogP contribution >= 0.6 is 0 Å². The zero-order valence-corrected chi connectivity index (χ0v) is 2.99. The Bertz CT molecular complexity index is 101. The van der Waals surface area contributed by atoms with Gasteiger partial charge in [0.1, 0.15) is 0 Å². The second-order valence-electron chi connectivity index (χ2n) is 1.55. The smallest absolute Gasteiger partial charge is 0.153 e. The molecule has 26 valence electrons. The minimum absolute atomic E-state index is 0.759. The minimum atomic E-state index is 0.759. The van der Waals surface area contributed by atoms with Crippen molar-refractivity contribution in [2.75, 3.05) is 0 Å². The maximum atomic E-state index is 4.75. The van der Waals surface area contributed by atoms with Crippen LogP contribution in [-0.4, -0.2) is 0 Å². The molecule has 0 atom stereocenters. The summed E-state index contributed by atoms with van der Waals surface area (Å²) in [5, 5.41) is 0. The van der Waals surface area contributed by atoms with E-state index in [1.165, 1.54) is 11.5 Å². The van der Waals surface area contributed by atoms with E-state index in [2.05, 4.69) is 6.92 Å². The normalized spacial score (nSPS) is 29.0. The summed E-state index contributed by atoms with van der Waals surface area (Å²) in [6.07, 6.45) is 0. The number of hydrogen-bond acceptors (Lipinski definition) is 1. The van der Waals surface area contributed by atoms with Gasteiger partial charge in [-0.05, 0) is 6.92 Å². The fourth-order valence-corrected chi connectivity index (χ4v) is 0.496. The van der Waals surface area contributed by atoms with E-state index in [9.17, 15) is 0 Å². The van der Waals surface area contributed by atoms with Crippen molar-refractivity contribution < 1.29 is 4.74 Å². The highest BCUT2D eigenvalue weighted by Crippen LogP contribution is 2.56. The number of rotatable bonds is 0. The van der Waals surface area contributed by atoms with Crippen molar-refractivity contribution >= 4 is 0 Å². The Balaban J connectivity index is 2.32. The summed E-state index contributed by atoms with van der Waals surface area (Å²) in [7, 11) is 0. The third-order valence-electron chi connectivity index (χ3n) is 1.12. The van der Waals surface area contributed by atoms with Crippen molar-refractivity contribution in [3.05, 3.63) is 11.5 Å². The summed E-state index contributed by atoms with van der Waals surface area (Å²) in [5.74, 6) is 3.27. The molecule has 0 aromatic carbocycles. The predicted molar refractivity (Wildman–Crippen MR) is 17.3 cm³/mol. The standard InChI is InChI=1S/C4H4O/c1-2-3-4(2)5-3/h2H,1H3. The van der Waals surface area contributed by atoms with Crippen LogP contribution < -0.4 is 0 Å². The SMILES string of the molecule is CC1C2=C1O2. The van der Waals surface area contributed by atoms with Crippen LogP contribution in [0.5, 0.6) is 0 Å². The average Bonchev–Trinajstić information content (AvgIpc) is 2.11. The molecule has 1 heterocycles. The molecule has 0 amide bonds. The average molecular weight is 68.1 g/mol. The molecule has 1 nitrogen and oxygen atoms in total. The molecule has 0 unspecified atom stereocenters. The Morgan fingerprint density at radius 2 is 2.00 bits per heavy atom. The first-order valence-electron chi connectivity index (χ1n) is 1.81. The number of allylic oxidation sites excluding steroid dienone is 2. The molecule has 1 aliphatic carbocycles. The molecule has 2 aliphatic rings. The van der Waals surface area contributed by atoms with Crippen LogP contribution in [-0.2, 0) is 4.74 Å². The van der Waals surface area contributed by atoms with E-state index in [1.807, 2.05) is 0 Å². The highest BCUT2D eigenvalue weighted by molar-refractivity contribution is 5.43. The fourth-order valence-electron chi connectivity index (χ4n) is 0.496. The minimum Gasteiger partial charge on any atom is -0.457 e. The largest absolute Gasteiger partial charge is 0.457 e. The van der Waals surface area contributed by atoms with Crippen molar-refractivity contribution in [2.24, 2.45) is 5.92 Å². The summed E-state index contributed by atoms with van der Waals surface area (Å²) in [6, 6.07) is 0. The van der Waals surface area contributed by atoms with Crippen LogP contribution in [0.1, 0.15) is 6.92 Å². The second kappa shape index (κ2) is 0.251. The lowest BCUT2D eigenvalue weighted by Gasteiger charge is -1.90. The zero-order chi connectivity index (χ0) is 3.44. The van der Waals surface area contributed by atoms with Gasteiger partial charge in [0, 0.05) is 0 Å². The van der Waals surface area contributed by atoms with E-state index in [0.717, 1.165) is 5.92 Å². The van der Waals surface area contributed by atoms with E-state index in [0.29, 0.717) is 0 Å². The van der Waals surface area contributed by atoms with Gasteiger partial charge in [-0.1, -0.05) is 0 Å². The van der Waals surface area contributed by atoms with Gasteiger partial charge >= 0.3 is 0 Å². The van der Waals surface area contributed by atoms with Crippen LogP contribution in [0.3, 0.4) is 0 Å². The molecule has 0 fully saturated rings. The molecule has 0 saturated heterocycles. The Kier molecular flexibility index (Phi) is 0.0930.